The van der Waals surface area contributed by atoms with Crippen molar-refractivity contribution >= 4 is 28.3 Å². The molecule has 120 valence electrons. The van der Waals surface area contributed by atoms with Gasteiger partial charge in [-0.1, -0.05) is 24.3 Å². The average molecular weight is 313 g/mol. The van der Waals surface area contributed by atoms with E-state index in [0.717, 1.165) is 11.8 Å². The maximum atomic E-state index is 12.6. The van der Waals surface area contributed by atoms with Gasteiger partial charge in [-0.25, -0.2) is 0 Å². The highest BCUT2D eigenvalue weighted by atomic mass is 16.3. The minimum absolute atomic E-state index is 0.0913. The van der Waals surface area contributed by atoms with Crippen molar-refractivity contribution in [3.8, 4) is 5.75 Å². The molecule has 0 aromatic heterocycles. The first-order valence-electron chi connectivity index (χ1n) is 7.63. The predicted octanol–water partition coefficient (Wildman–Crippen LogP) is 1.43. The van der Waals surface area contributed by atoms with Gasteiger partial charge in [0.05, 0.1) is 6.54 Å². The minimum Gasteiger partial charge on any atom is -0.507 e. The monoisotopic (exact) mass is 313 g/mol. The number of hydrogen-bond donors (Lipinski definition) is 3. The molecule has 1 aliphatic rings. The van der Waals surface area contributed by atoms with E-state index in [9.17, 15) is 14.7 Å². The first-order chi connectivity index (χ1) is 11.1. The van der Waals surface area contributed by atoms with Gasteiger partial charge >= 0.3 is 0 Å². The van der Waals surface area contributed by atoms with Crippen LogP contribution in [0, 0.1) is 0 Å². The molecule has 0 unspecified atom stereocenters. The molecule has 6 nitrogen and oxygen atoms in total. The van der Waals surface area contributed by atoms with Crippen molar-refractivity contribution in [1.29, 1.82) is 0 Å². The normalized spacial score (nSPS) is 17.4. The van der Waals surface area contributed by atoms with E-state index >= 15 is 0 Å². The largest absolute Gasteiger partial charge is 0.507 e. The van der Waals surface area contributed by atoms with Crippen molar-refractivity contribution in [2.24, 2.45) is 5.73 Å². The quantitative estimate of drug-likeness (QED) is 0.747. The Balaban J connectivity index is 1.86. The van der Waals surface area contributed by atoms with E-state index in [1.165, 1.54) is 4.90 Å². The number of phenols is 1. The van der Waals surface area contributed by atoms with E-state index in [-0.39, 0.29) is 24.1 Å². The summed E-state index contributed by atoms with van der Waals surface area (Å²) in [6.07, 6.45) is 1.42. The topological polar surface area (TPSA) is 95.7 Å². The molecular weight excluding hydrogens is 294 g/mol. The Labute approximate surface area is 133 Å². The fourth-order valence-electron chi connectivity index (χ4n) is 3.06. The number of amides is 2. The van der Waals surface area contributed by atoms with Crippen LogP contribution in [0.3, 0.4) is 0 Å². The number of hydrogen-bond acceptors (Lipinski definition) is 4. The zero-order valence-corrected chi connectivity index (χ0v) is 12.7. The number of benzene rings is 2. The zero-order chi connectivity index (χ0) is 16.4. The SMILES string of the molecule is NCC(=O)N1CCC[C@H]1C(=O)Nc1ccc(O)c2ccccc12. The van der Waals surface area contributed by atoms with Crippen LogP contribution >= 0.6 is 0 Å². The number of phenolic OH excluding ortho intramolecular Hbond substituents is 1. The van der Waals surface area contributed by atoms with Crippen molar-refractivity contribution in [1.82, 2.24) is 4.90 Å². The molecule has 1 heterocycles. The summed E-state index contributed by atoms with van der Waals surface area (Å²) in [5.74, 6) is -0.266. The Morgan fingerprint density at radius 1 is 1.22 bits per heavy atom. The number of nitrogens with two attached hydrogens (primary N) is 1. The lowest BCUT2D eigenvalue weighted by molar-refractivity contribution is -0.135. The molecule has 0 bridgehead atoms. The third kappa shape index (κ3) is 2.85. The van der Waals surface area contributed by atoms with Gasteiger partial charge in [-0.05, 0) is 25.0 Å². The first kappa shape index (κ1) is 15.3. The average Bonchev–Trinajstić information content (AvgIpc) is 3.06. The van der Waals surface area contributed by atoms with Crippen LogP contribution in [-0.4, -0.2) is 41.0 Å². The van der Waals surface area contributed by atoms with Crippen molar-refractivity contribution in [3.05, 3.63) is 36.4 Å². The van der Waals surface area contributed by atoms with E-state index in [0.29, 0.717) is 24.0 Å². The Kier molecular flexibility index (Phi) is 4.16. The van der Waals surface area contributed by atoms with Gasteiger partial charge in [0.2, 0.25) is 11.8 Å². The van der Waals surface area contributed by atoms with Gasteiger partial charge in [-0.2, -0.15) is 0 Å². The molecule has 1 saturated heterocycles. The van der Waals surface area contributed by atoms with Gasteiger partial charge in [0.1, 0.15) is 11.8 Å². The lowest BCUT2D eigenvalue weighted by Gasteiger charge is -2.23. The highest BCUT2D eigenvalue weighted by Crippen LogP contribution is 2.31. The molecule has 23 heavy (non-hydrogen) atoms. The zero-order valence-electron chi connectivity index (χ0n) is 12.7. The number of rotatable bonds is 3. The van der Waals surface area contributed by atoms with Crippen molar-refractivity contribution in [2.75, 3.05) is 18.4 Å². The summed E-state index contributed by atoms with van der Waals surface area (Å²) < 4.78 is 0. The van der Waals surface area contributed by atoms with Crippen LogP contribution in [0.2, 0.25) is 0 Å². The Bertz CT molecular complexity index is 760. The second-order valence-electron chi connectivity index (χ2n) is 5.62. The van der Waals surface area contributed by atoms with Crippen LogP contribution in [0.4, 0.5) is 5.69 Å². The van der Waals surface area contributed by atoms with E-state index < -0.39 is 6.04 Å². The fraction of sp³-hybridized carbons (Fsp3) is 0.294. The summed E-state index contributed by atoms with van der Waals surface area (Å²) in [5, 5.41) is 14.2. The van der Waals surface area contributed by atoms with Gasteiger partial charge in [0.25, 0.3) is 0 Å². The standard InChI is InChI=1S/C17H19N3O3/c18-10-16(22)20-9-3-6-14(20)17(23)19-13-7-8-15(21)12-5-2-1-4-11(12)13/h1-2,4-5,7-8,14,21H,3,6,9-10,18H2,(H,19,23)/t14-/m0/s1. The summed E-state index contributed by atoms with van der Waals surface area (Å²) in [5.41, 5.74) is 6.03. The van der Waals surface area contributed by atoms with E-state index in [2.05, 4.69) is 5.32 Å². The molecule has 2 aromatic carbocycles. The number of nitrogens with one attached hydrogen (secondary N) is 1. The smallest absolute Gasteiger partial charge is 0.247 e. The molecule has 3 rings (SSSR count). The third-order valence-electron chi connectivity index (χ3n) is 4.21. The lowest BCUT2D eigenvalue weighted by Crippen LogP contribution is -2.45. The molecule has 1 aliphatic heterocycles. The van der Waals surface area contributed by atoms with E-state index in [4.69, 9.17) is 5.73 Å². The maximum Gasteiger partial charge on any atom is 0.247 e. The molecule has 0 aliphatic carbocycles. The fourth-order valence-corrected chi connectivity index (χ4v) is 3.06. The molecule has 4 N–H and O–H groups in total. The molecule has 2 aromatic rings. The maximum absolute atomic E-state index is 12.6. The number of aromatic hydroxyl groups is 1. The number of anilines is 1. The summed E-state index contributed by atoms with van der Waals surface area (Å²) in [6.45, 7) is 0.469. The first-order valence-corrected chi connectivity index (χ1v) is 7.63. The number of fused-ring (bicyclic) bond motifs is 1. The number of carbonyl (C=O) groups is 2. The predicted molar refractivity (Wildman–Crippen MR) is 88.0 cm³/mol. The van der Waals surface area contributed by atoms with Crippen LogP contribution in [0.15, 0.2) is 36.4 Å². The minimum atomic E-state index is -0.487. The molecule has 6 heteroatoms. The summed E-state index contributed by atoms with van der Waals surface area (Å²) in [6, 6.07) is 10.0. The van der Waals surface area contributed by atoms with Crippen LogP contribution in [-0.2, 0) is 9.59 Å². The Morgan fingerprint density at radius 3 is 2.70 bits per heavy atom. The lowest BCUT2D eigenvalue weighted by atomic mass is 10.1. The molecule has 0 radical (unpaired) electrons. The Hall–Kier alpha value is -2.60. The molecule has 1 atom stereocenters. The third-order valence-corrected chi connectivity index (χ3v) is 4.21. The highest BCUT2D eigenvalue weighted by molar-refractivity contribution is 6.06. The molecule has 0 spiro atoms. The van der Waals surface area contributed by atoms with Crippen LogP contribution < -0.4 is 11.1 Å². The number of likely N-dealkylation sites (tertiary alicyclic amines) is 1. The van der Waals surface area contributed by atoms with Gasteiger partial charge in [0, 0.05) is 23.0 Å². The molecule has 0 saturated carbocycles. The molecular formula is C17H19N3O3. The second-order valence-corrected chi connectivity index (χ2v) is 5.62. The summed E-state index contributed by atoms with van der Waals surface area (Å²) in [7, 11) is 0. The van der Waals surface area contributed by atoms with Crippen molar-refractivity contribution in [3.63, 3.8) is 0 Å². The molecule has 2 amide bonds. The molecule has 1 fully saturated rings. The Morgan fingerprint density at radius 2 is 1.96 bits per heavy atom. The van der Waals surface area contributed by atoms with Crippen molar-refractivity contribution < 1.29 is 14.7 Å². The van der Waals surface area contributed by atoms with Crippen LogP contribution in [0.1, 0.15) is 12.8 Å². The highest BCUT2D eigenvalue weighted by Gasteiger charge is 2.33. The second kappa shape index (κ2) is 6.26. The number of nitrogens with zero attached hydrogens (tertiary/aromatic N) is 1. The van der Waals surface area contributed by atoms with Crippen molar-refractivity contribution in [2.45, 2.75) is 18.9 Å². The number of carbonyl (C=O) groups excluding carboxylic acids is 2. The van der Waals surface area contributed by atoms with E-state index in [1.807, 2.05) is 18.2 Å². The summed E-state index contributed by atoms with van der Waals surface area (Å²) >= 11 is 0. The van der Waals surface area contributed by atoms with E-state index in [1.54, 1.807) is 18.2 Å². The van der Waals surface area contributed by atoms with Gasteiger partial charge < -0.3 is 21.1 Å². The summed E-state index contributed by atoms with van der Waals surface area (Å²) in [4.78, 5) is 25.9. The van der Waals surface area contributed by atoms with Gasteiger partial charge in [0.15, 0.2) is 0 Å². The van der Waals surface area contributed by atoms with Gasteiger partial charge in [-0.15, -0.1) is 0 Å². The van der Waals surface area contributed by atoms with Crippen LogP contribution in [0.5, 0.6) is 5.75 Å². The van der Waals surface area contributed by atoms with Gasteiger partial charge in [-0.3, -0.25) is 9.59 Å². The van der Waals surface area contributed by atoms with Crippen LogP contribution in [0.25, 0.3) is 10.8 Å².